The molecule has 0 aliphatic carbocycles. The highest BCUT2D eigenvalue weighted by atomic mass is 16.5. The van der Waals surface area contributed by atoms with Crippen molar-refractivity contribution in [3.8, 4) is 17.2 Å². The smallest absolute Gasteiger partial charge is 0.358 e. The first-order chi connectivity index (χ1) is 10.2. The van der Waals surface area contributed by atoms with Gasteiger partial charge >= 0.3 is 5.97 Å². The summed E-state index contributed by atoms with van der Waals surface area (Å²) in [5, 5.41) is 8.46. The SMILES string of the molecule is CCOC(=O)c1cc2c(OC)c(OC)c(OC)cc2nn1. The van der Waals surface area contributed by atoms with Crippen LogP contribution in [0.25, 0.3) is 10.9 Å². The summed E-state index contributed by atoms with van der Waals surface area (Å²) in [6.07, 6.45) is 0. The molecule has 0 saturated carbocycles. The highest BCUT2D eigenvalue weighted by Gasteiger charge is 2.19. The number of carbonyl (C=O) groups is 1. The van der Waals surface area contributed by atoms with Gasteiger partial charge < -0.3 is 18.9 Å². The zero-order chi connectivity index (χ0) is 15.4. The highest BCUT2D eigenvalue weighted by Crippen LogP contribution is 2.42. The van der Waals surface area contributed by atoms with Crippen LogP contribution in [0.5, 0.6) is 17.2 Å². The standard InChI is InChI=1S/C14H16N2O5/c1-5-21-14(17)10-6-8-9(15-16-10)7-11(18-2)13(20-4)12(8)19-3/h6-7H,5H2,1-4H3. The Morgan fingerprint density at radius 2 is 1.76 bits per heavy atom. The molecule has 0 aliphatic rings. The van der Waals surface area contributed by atoms with Gasteiger partial charge in [-0.2, -0.15) is 0 Å². The molecule has 7 nitrogen and oxygen atoms in total. The number of esters is 1. The molecule has 0 N–H and O–H groups in total. The summed E-state index contributed by atoms with van der Waals surface area (Å²) < 4.78 is 20.8. The van der Waals surface area contributed by atoms with Gasteiger partial charge in [-0.05, 0) is 13.0 Å². The molecule has 0 amide bonds. The number of hydrogen-bond acceptors (Lipinski definition) is 7. The minimum Gasteiger partial charge on any atom is -0.493 e. The molecular formula is C14H16N2O5. The lowest BCUT2D eigenvalue weighted by Gasteiger charge is -2.14. The Morgan fingerprint density at radius 1 is 1.05 bits per heavy atom. The number of carbonyl (C=O) groups excluding carboxylic acids is 1. The highest BCUT2D eigenvalue weighted by molar-refractivity contribution is 5.96. The Kier molecular flexibility index (Phi) is 4.42. The number of fused-ring (bicyclic) bond motifs is 1. The predicted octanol–water partition coefficient (Wildman–Crippen LogP) is 1.83. The number of ether oxygens (including phenoxy) is 4. The molecule has 0 saturated heterocycles. The summed E-state index contributed by atoms with van der Waals surface area (Å²) in [4.78, 5) is 11.7. The fourth-order valence-corrected chi connectivity index (χ4v) is 1.97. The average Bonchev–Trinajstić information content (AvgIpc) is 2.52. The molecule has 0 bridgehead atoms. The van der Waals surface area contributed by atoms with Crippen molar-refractivity contribution < 1.29 is 23.7 Å². The number of aromatic nitrogens is 2. The van der Waals surface area contributed by atoms with Gasteiger partial charge in [0.05, 0.1) is 33.3 Å². The third-order valence-electron chi connectivity index (χ3n) is 2.88. The van der Waals surface area contributed by atoms with Crippen LogP contribution < -0.4 is 14.2 Å². The van der Waals surface area contributed by atoms with Crippen molar-refractivity contribution in [1.29, 1.82) is 0 Å². The summed E-state index contributed by atoms with van der Waals surface area (Å²) in [6, 6.07) is 3.22. The molecular weight excluding hydrogens is 276 g/mol. The summed E-state index contributed by atoms with van der Waals surface area (Å²) >= 11 is 0. The van der Waals surface area contributed by atoms with E-state index in [0.717, 1.165) is 0 Å². The van der Waals surface area contributed by atoms with Crippen molar-refractivity contribution in [2.24, 2.45) is 0 Å². The van der Waals surface area contributed by atoms with E-state index in [1.807, 2.05) is 0 Å². The normalized spacial score (nSPS) is 10.3. The zero-order valence-electron chi connectivity index (χ0n) is 12.3. The largest absolute Gasteiger partial charge is 0.493 e. The monoisotopic (exact) mass is 292 g/mol. The third kappa shape index (κ3) is 2.67. The van der Waals surface area contributed by atoms with Crippen LogP contribution in [-0.4, -0.2) is 44.1 Å². The molecule has 0 aliphatic heterocycles. The minimum atomic E-state index is -0.538. The second-order valence-corrected chi connectivity index (χ2v) is 4.03. The second kappa shape index (κ2) is 6.25. The zero-order valence-corrected chi connectivity index (χ0v) is 12.3. The number of hydrogen-bond donors (Lipinski definition) is 0. The van der Waals surface area contributed by atoms with Crippen molar-refractivity contribution in [2.75, 3.05) is 27.9 Å². The number of rotatable bonds is 5. The van der Waals surface area contributed by atoms with E-state index in [1.54, 1.807) is 19.1 Å². The van der Waals surface area contributed by atoms with Crippen LogP contribution >= 0.6 is 0 Å². The maximum absolute atomic E-state index is 11.7. The van der Waals surface area contributed by atoms with E-state index < -0.39 is 5.97 Å². The Labute approximate surface area is 121 Å². The van der Waals surface area contributed by atoms with Crippen LogP contribution in [-0.2, 0) is 4.74 Å². The van der Waals surface area contributed by atoms with Crippen LogP contribution in [0, 0.1) is 0 Å². The topological polar surface area (TPSA) is 79.8 Å². The molecule has 21 heavy (non-hydrogen) atoms. The van der Waals surface area contributed by atoms with Gasteiger partial charge in [0.15, 0.2) is 17.2 Å². The Hall–Kier alpha value is -2.57. The lowest BCUT2D eigenvalue weighted by molar-refractivity contribution is 0.0518. The molecule has 0 atom stereocenters. The van der Waals surface area contributed by atoms with Gasteiger partial charge in [0, 0.05) is 6.07 Å². The molecule has 7 heteroatoms. The first-order valence-electron chi connectivity index (χ1n) is 6.29. The molecule has 0 spiro atoms. The van der Waals surface area contributed by atoms with Crippen molar-refractivity contribution >= 4 is 16.9 Å². The fourth-order valence-electron chi connectivity index (χ4n) is 1.97. The predicted molar refractivity (Wildman–Crippen MR) is 75.2 cm³/mol. The average molecular weight is 292 g/mol. The van der Waals surface area contributed by atoms with Crippen LogP contribution in [0.15, 0.2) is 12.1 Å². The van der Waals surface area contributed by atoms with Crippen LogP contribution in [0.3, 0.4) is 0 Å². The van der Waals surface area contributed by atoms with Gasteiger partial charge in [0.1, 0.15) is 5.52 Å². The van der Waals surface area contributed by atoms with Gasteiger partial charge in [-0.1, -0.05) is 0 Å². The van der Waals surface area contributed by atoms with Gasteiger partial charge in [0.2, 0.25) is 5.75 Å². The maximum Gasteiger partial charge on any atom is 0.358 e. The molecule has 1 aromatic heterocycles. The molecule has 0 radical (unpaired) electrons. The number of benzene rings is 1. The molecule has 112 valence electrons. The molecule has 0 unspecified atom stereocenters. The Morgan fingerprint density at radius 3 is 2.33 bits per heavy atom. The fraction of sp³-hybridized carbons (Fsp3) is 0.357. The van der Waals surface area contributed by atoms with Gasteiger partial charge in [-0.3, -0.25) is 0 Å². The second-order valence-electron chi connectivity index (χ2n) is 4.03. The van der Waals surface area contributed by atoms with Gasteiger partial charge in [-0.25, -0.2) is 4.79 Å². The van der Waals surface area contributed by atoms with Crippen LogP contribution in [0.4, 0.5) is 0 Å². The first-order valence-corrected chi connectivity index (χ1v) is 6.29. The van der Waals surface area contributed by atoms with E-state index in [2.05, 4.69) is 10.2 Å². The summed E-state index contributed by atoms with van der Waals surface area (Å²) in [7, 11) is 4.53. The summed E-state index contributed by atoms with van der Waals surface area (Å²) in [6.45, 7) is 1.99. The third-order valence-corrected chi connectivity index (χ3v) is 2.88. The van der Waals surface area contributed by atoms with Gasteiger partial charge in [-0.15, -0.1) is 10.2 Å². The van der Waals surface area contributed by atoms with E-state index in [4.69, 9.17) is 18.9 Å². The number of methoxy groups -OCH3 is 3. The molecule has 1 aromatic carbocycles. The lowest BCUT2D eigenvalue weighted by Crippen LogP contribution is -2.08. The number of nitrogens with zero attached hydrogens (tertiary/aromatic N) is 2. The quantitative estimate of drug-likeness (QED) is 0.778. The molecule has 1 heterocycles. The van der Waals surface area contributed by atoms with E-state index in [1.165, 1.54) is 21.3 Å². The van der Waals surface area contributed by atoms with Crippen molar-refractivity contribution in [2.45, 2.75) is 6.92 Å². The van der Waals surface area contributed by atoms with Crippen molar-refractivity contribution in [1.82, 2.24) is 10.2 Å². The minimum absolute atomic E-state index is 0.106. The van der Waals surface area contributed by atoms with E-state index in [9.17, 15) is 4.79 Å². The Bertz CT molecular complexity index is 672. The van der Waals surface area contributed by atoms with Crippen molar-refractivity contribution in [3.05, 3.63) is 17.8 Å². The molecule has 2 aromatic rings. The maximum atomic E-state index is 11.7. The lowest BCUT2D eigenvalue weighted by atomic mass is 10.1. The van der Waals surface area contributed by atoms with Gasteiger partial charge in [0.25, 0.3) is 0 Å². The van der Waals surface area contributed by atoms with Crippen molar-refractivity contribution in [3.63, 3.8) is 0 Å². The van der Waals surface area contributed by atoms with E-state index in [0.29, 0.717) is 28.2 Å². The Balaban J connectivity index is 2.67. The molecule has 0 fully saturated rings. The van der Waals surface area contributed by atoms with Crippen LogP contribution in [0.1, 0.15) is 17.4 Å². The first kappa shape index (κ1) is 14.8. The summed E-state index contributed by atoms with van der Waals surface area (Å²) in [5.41, 5.74) is 0.632. The molecule has 2 rings (SSSR count). The van der Waals surface area contributed by atoms with E-state index in [-0.39, 0.29) is 12.3 Å². The van der Waals surface area contributed by atoms with E-state index >= 15 is 0 Å². The van der Waals surface area contributed by atoms with Crippen LogP contribution in [0.2, 0.25) is 0 Å². The summed E-state index contributed by atoms with van der Waals surface area (Å²) in [5.74, 6) is 0.784.